The summed E-state index contributed by atoms with van der Waals surface area (Å²) in [4.78, 5) is 14.7. The van der Waals surface area contributed by atoms with E-state index in [1.807, 2.05) is 29.2 Å². The zero-order valence-electron chi connectivity index (χ0n) is 13.4. The molecule has 7 rings (SSSR count). The molecule has 4 saturated carbocycles. The van der Waals surface area contributed by atoms with Crippen molar-refractivity contribution in [3.8, 4) is 0 Å². The van der Waals surface area contributed by atoms with E-state index in [1.165, 1.54) is 32.1 Å². The van der Waals surface area contributed by atoms with Crippen LogP contribution in [0.15, 0.2) is 24.3 Å². The first-order valence-electron chi connectivity index (χ1n) is 9.28. The highest BCUT2D eigenvalue weighted by atomic mass is 16.3. The molecule has 120 valence electrons. The molecular weight excluding hydrogens is 286 g/mol. The van der Waals surface area contributed by atoms with Crippen molar-refractivity contribution in [2.24, 2.45) is 29.1 Å². The monoisotopic (exact) mass is 309 g/mol. The molecule has 0 aromatic heterocycles. The van der Waals surface area contributed by atoms with Crippen molar-refractivity contribution in [1.29, 1.82) is 0 Å². The number of rotatable bonds is 0. The number of carbonyl (C=O) groups is 1. The Balaban J connectivity index is 1.59. The SMILES string of the molecule is O=C1c2ccccc2C2(O)N1CCC21C2CC3CC(C2)CC1C3. The number of benzene rings is 1. The van der Waals surface area contributed by atoms with Gasteiger partial charge in [-0.25, -0.2) is 0 Å². The highest BCUT2D eigenvalue weighted by Crippen LogP contribution is 2.72. The first-order chi connectivity index (χ1) is 11.1. The minimum absolute atomic E-state index is 0.0498. The molecule has 4 bridgehead atoms. The van der Waals surface area contributed by atoms with Crippen molar-refractivity contribution in [3.63, 3.8) is 0 Å². The van der Waals surface area contributed by atoms with Crippen LogP contribution in [0.5, 0.6) is 0 Å². The summed E-state index contributed by atoms with van der Waals surface area (Å²) in [7, 11) is 0. The predicted molar refractivity (Wildman–Crippen MR) is 85.5 cm³/mol. The van der Waals surface area contributed by atoms with Gasteiger partial charge in [-0.3, -0.25) is 4.79 Å². The van der Waals surface area contributed by atoms with E-state index in [2.05, 4.69) is 0 Å². The Morgan fingerprint density at radius 3 is 2.35 bits per heavy atom. The van der Waals surface area contributed by atoms with Crippen molar-refractivity contribution >= 4 is 5.91 Å². The van der Waals surface area contributed by atoms with Gasteiger partial charge in [0.05, 0.1) is 0 Å². The van der Waals surface area contributed by atoms with E-state index < -0.39 is 5.72 Å². The van der Waals surface area contributed by atoms with Crippen molar-refractivity contribution in [2.75, 3.05) is 6.54 Å². The van der Waals surface area contributed by atoms with Crippen LogP contribution in [0.25, 0.3) is 0 Å². The number of aliphatic hydroxyl groups is 1. The number of amides is 1. The number of nitrogens with zero attached hydrogens (tertiary/aromatic N) is 1. The van der Waals surface area contributed by atoms with Gasteiger partial charge in [0.2, 0.25) is 0 Å². The maximum atomic E-state index is 12.9. The predicted octanol–water partition coefficient (Wildman–Crippen LogP) is 3.13. The molecule has 6 aliphatic rings. The summed E-state index contributed by atoms with van der Waals surface area (Å²) in [6.45, 7) is 0.729. The van der Waals surface area contributed by atoms with Gasteiger partial charge < -0.3 is 10.0 Å². The summed E-state index contributed by atoms with van der Waals surface area (Å²) >= 11 is 0. The molecule has 3 nitrogen and oxygen atoms in total. The Hall–Kier alpha value is -1.35. The Morgan fingerprint density at radius 2 is 1.65 bits per heavy atom. The smallest absolute Gasteiger partial charge is 0.256 e. The van der Waals surface area contributed by atoms with E-state index in [0.29, 0.717) is 11.8 Å². The van der Waals surface area contributed by atoms with Crippen molar-refractivity contribution in [2.45, 2.75) is 44.2 Å². The van der Waals surface area contributed by atoms with Crippen LogP contribution in [0.1, 0.15) is 54.4 Å². The molecular formula is C20H23NO2. The van der Waals surface area contributed by atoms with E-state index in [1.54, 1.807) is 0 Å². The fraction of sp³-hybridized carbons (Fsp3) is 0.650. The highest BCUT2D eigenvalue weighted by Gasteiger charge is 2.73. The van der Waals surface area contributed by atoms with E-state index in [0.717, 1.165) is 35.9 Å². The van der Waals surface area contributed by atoms with Gasteiger partial charge in [-0.05, 0) is 68.3 Å². The zero-order chi connectivity index (χ0) is 15.4. The summed E-state index contributed by atoms with van der Waals surface area (Å²) in [5, 5.41) is 12.0. The van der Waals surface area contributed by atoms with Crippen LogP contribution in [-0.2, 0) is 5.72 Å². The highest BCUT2D eigenvalue weighted by molar-refractivity contribution is 6.00. The first-order valence-corrected chi connectivity index (χ1v) is 9.28. The molecule has 3 heteroatoms. The van der Waals surface area contributed by atoms with E-state index in [4.69, 9.17) is 0 Å². The molecule has 1 aromatic carbocycles. The van der Waals surface area contributed by atoms with Gasteiger partial charge in [0, 0.05) is 23.1 Å². The Kier molecular flexibility index (Phi) is 2.16. The van der Waals surface area contributed by atoms with Gasteiger partial charge >= 0.3 is 0 Å². The average molecular weight is 309 g/mol. The van der Waals surface area contributed by atoms with E-state index in [-0.39, 0.29) is 11.3 Å². The minimum atomic E-state index is -1.04. The lowest BCUT2D eigenvalue weighted by molar-refractivity contribution is -0.236. The molecule has 1 N–H and O–H groups in total. The molecule has 2 heterocycles. The van der Waals surface area contributed by atoms with E-state index >= 15 is 0 Å². The molecule has 1 unspecified atom stereocenters. The second kappa shape index (κ2) is 3.83. The zero-order valence-corrected chi connectivity index (χ0v) is 13.4. The topological polar surface area (TPSA) is 40.5 Å². The molecule has 1 atom stereocenters. The molecule has 23 heavy (non-hydrogen) atoms. The van der Waals surface area contributed by atoms with Gasteiger partial charge in [-0.2, -0.15) is 0 Å². The second-order valence-electron chi connectivity index (χ2n) is 8.77. The summed E-state index contributed by atoms with van der Waals surface area (Å²) in [6, 6.07) is 7.81. The summed E-state index contributed by atoms with van der Waals surface area (Å²) in [6.07, 6.45) is 7.52. The minimum Gasteiger partial charge on any atom is -0.366 e. The molecule has 4 aliphatic carbocycles. The molecule has 1 aromatic rings. The molecule has 1 spiro atoms. The van der Waals surface area contributed by atoms with Crippen molar-refractivity contribution in [1.82, 2.24) is 4.90 Å². The Morgan fingerprint density at radius 1 is 1.00 bits per heavy atom. The molecule has 0 radical (unpaired) electrons. The molecule has 1 amide bonds. The first kappa shape index (κ1) is 13.0. The summed E-state index contributed by atoms with van der Waals surface area (Å²) in [5.74, 6) is 3.02. The van der Waals surface area contributed by atoms with Crippen LogP contribution in [0.2, 0.25) is 0 Å². The number of fused-ring (bicyclic) bond motifs is 3. The number of hydrogen-bond donors (Lipinski definition) is 1. The normalized spacial score (nSPS) is 49.1. The largest absolute Gasteiger partial charge is 0.366 e. The van der Waals surface area contributed by atoms with Gasteiger partial charge in [0.1, 0.15) is 0 Å². The maximum absolute atomic E-state index is 12.9. The third-order valence-electron chi connectivity index (χ3n) is 8.16. The van der Waals surface area contributed by atoms with Crippen LogP contribution in [0.3, 0.4) is 0 Å². The van der Waals surface area contributed by atoms with Crippen LogP contribution < -0.4 is 0 Å². The lowest BCUT2D eigenvalue weighted by Crippen LogP contribution is -2.62. The number of hydrogen-bond acceptors (Lipinski definition) is 2. The lowest BCUT2D eigenvalue weighted by atomic mass is 9.42. The summed E-state index contributed by atoms with van der Waals surface area (Å²) in [5.41, 5.74) is 0.518. The van der Waals surface area contributed by atoms with Crippen molar-refractivity contribution < 1.29 is 9.90 Å². The van der Waals surface area contributed by atoms with E-state index in [9.17, 15) is 9.90 Å². The Labute approximate surface area is 136 Å². The summed E-state index contributed by atoms with van der Waals surface area (Å²) < 4.78 is 0. The fourth-order valence-electron chi connectivity index (χ4n) is 7.65. The van der Waals surface area contributed by atoms with Gasteiger partial charge in [0.25, 0.3) is 5.91 Å². The quantitative estimate of drug-likeness (QED) is 0.800. The van der Waals surface area contributed by atoms with Crippen molar-refractivity contribution in [3.05, 3.63) is 35.4 Å². The second-order valence-corrected chi connectivity index (χ2v) is 8.77. The number of carbonyl (C=O) groups excluding carboxylic acids is 1. The molecule has 1 saturated heterocycles. The molecule has 5 fully saturated rings. The Bertz CT molecular complexity index is 698. The standard InChI is InChI=1S/C20H23NO2/c22-18-16-3-1-2-4-17(16)20(23)19(5-6-21(18)20)14-8-12-7-13(10-14)11-15(19)9-12/h1-4,12-15,23H,5-11H2. The van der Waals surface area contributed by atoms with Crippen LogP contribution in [0, 0.1) is 29.1 Å². The van der Waals surface area contributed by atoms with Gasteiger partial charge in [-0.1, -0.05) is 18.2 Å². The van der Waals surface area contributed by atoms with Crippen LogP contribution in [-0.4, -0.2) is 22.5 Å². The van der Waals surface area contributed by atoms with Crippen LogP contribution >= 0.6 is 0 Å². The lowest BCUT2D eigenvalue weighted by Gasteiger charge is -2.63. The molecule has 2 aliphatic heterocycles. The van der Waals surface area contributed by atoms with Gasteiger partial charge in [-0.15, -0.1) is 0 Å². The maximum Gasteiger partial charge on any atom is 0.256 e. The third-order valence-corrected chi connectivity index (χ3v) is 8.16. The van der Waals surface area contributed by atoms with Gasteiger partial charge in [0.15, 0.2) is 5.72 Å². The average Bonchev–Trinajstić information content (AvgIpc) is 2.97. The third kappa shape index (κ3) is 1.22. The fourth-order valence-corrected chi connectivity index (χ4v) is 7.65. The van der Waals surface area contributed by atoms with Crippen LogP contribution in [0.4, 0.5) is 0 Å².